The van der Waals surface area contributed by atoms with Crippen molar-refractivity contribution in [1.29, 1.82) is 0 Å². The second-order valence-corrected chi connectivity index (χ2v) is 17.0. The van der Waals surface area contributed by atoms with E-state index in [2.05, 4.69) is 177 Å². The van der Waals surface area contributed by atoms with E-state index < -0.39 is 5.41 Å². The van der Waals surface area contributed by atoms with Crippen molar-refractivity contribution in [1.82, 2.24) is 15.0 Å². The van der Waals surface area contributed by atoms with Gasteiger partial charge in [-0.25, -0.2) is 9.97 Å². The standard InChI is InChI=1S/C55H39N3S/c1-54(2)42-25-8-10-27-44(42)55(45-28-11-9-26-43(45)54)46-29-12-13-32-51(46)59-52-41(24-17-30-47(52)55)39-22-6-7-23-40(39)50-35-49(57-53(58-50)36-18-4-3-5-19-36)38-21-16-20-37(34-38)48-31-14-15-33-56-48/h3-35H,1-2H3. The van der Waals surface area contributed by atoms with Gasteiger partial charge in [0, 0.05) is 43.7 Å². The summed E-state index contributed by atoms with van der Waals surface area (Å²) >= 11 is 1.89. The molecule has 4 heteroatoms. The van der Waals surface area contributed by atoms with Gasteiger partial charge in [-0.15, -0.1) is 0 Å². The Hall–Kier alpha value is -6.88. The van der Waals surface area contributed by atoms with Crippen molar-refractivity contribution in [3.05, 3.63) is 234 Å². The largest absolute Gasteiger partial charge is 0.256 e. The van der Waals surface area contributed by atoms with Crippen LogP contribution in [0.5, 0.6) is 0 Å². The molecule has 0 bridgehead atoms. The van der Waals surface area contributed by atoms with Gasteiger partial charge in [0.15, 0.2) is 5.82 Å². The molecule has 1 aliphatic heterocycles. The van der Waals surface area contributed by atoms with Gasteiger partial charge in [0.1, 0.15) is 0 Å². The van der Waals surface area contributed by atoms with E-state index in [1.54, 1.807) is 0 Å². The minimum absolute atomic E-state index is 0.166. The van der Waals surface area contributed by atoms with Crippen LogP contribution in [0.3, 0.4) is 0 Å². The van der Waals surface area contributed by atoms with Gasteiger partial charge in [0.05, 0.1) is 22.5 Å². The lowest BCUT2D eigenvalue weighted by Gasteiger charge is -2.50. The number of hydrogen-bond donors (Lipinski definition) is 0. The fraction of sp³-hybridized carbons (Fsp3) is 0.0727. The van der Waals surface area contributed by atoms with E-state index in [1.807, 2.05) is 54.4 Å². The highest BCUT2D eigenvalue weighted by atomic mass is 32.2. The highest BCUT2D eigenvalue weighted by molar-refractivity contribution is 7.99. The summed E-state index contributed by atoms with van der Waals surface area (Å²) in [6.07, 6.45) is 1.84. The van der Waals surface area contributed by atoms with Crippen LogP contribution in [0.25, 0.3) is 56.3 Å². The highest BCUT2D eigenvalue weighted by Gasteiger charge is 2.52. The fourth-order valence-electron chi connectivity index (χ4n) is 9.62. The molecule has 0 unspecified atom stereocenters. The summed E-state index contributed by atoms with van der Waals surface area (Å²) in [5.41, 5.74) is 16.5. The van der Waals surface area contributed by atoms with E-state index in [0.29, 0.717) is 5.82 Å². The summed E-state index contributed by atoms with van der Waals surface area (Å²) in [5, 5.41) is 0. The molecule has 3 nitrogen and oxygen atoms in total. The van der Waals surface area contributed by atoms with Gasteiger partial charge in [-0.05, 0) is 74.8 Å². The van der Waals surface area contributed by atoms with E-state index >= 15 is 0 Å². The molecule has 0 N–H and O–H groups in total. The van der Waals surface area contributed by atoms with E-state index in [0.717, 1.165) is 44.9 Å². The van der Waals surface area contributed by atoms with Crippen LogP contribution in [0.1, 0.15) is 47.2 Å². The van der Waals surface area contributed by atoms with E-state index in [9.17, 15) is 0 Å². The summed E-state index contributed by atoms with van der Waals surface area (Å²) in [5.74, 6) is 0.687. The summed E-state index contributed by atoms with van der Waals surface area (Å²) < 4.78 is 0. The minimum atomic E-state index is -0.508. The molecule has 11 rings (SSSR count). The van der Waals surface area contributed by atoms with Crippen LogP contribution in [-0.2, 0) is 10.8 Å². The van der Waals surface area contributed by atoms with Crippen LogP contribution in [0.4, 0.5) is 0 Å². The molecule has 1 spiro atoms. The number of fused-ring (bicyclic) bond motifs is 8. The van der Waals surface area contributed by atoms with Gasteiger partial charge in [0.25, 0.3) is 0 Å². The Balaban J connectivity index is 1.15. The fourth-order valence-corrected chi connectivity index (χ4v) is 10.9. The average molecular weight is 774 g/mol. The Morgan fingerprint density at radius 1 is 0.390 bits per heavy atom. The Morgan fingerprint density at radius 2 is 0.932 bits per heavy atom. The zero-order valence-corrected chi connectivity index (χ0v) is 33.6. The number of pyridine rings is 1. The minimum Gasteiger partial charge on any atom is -0.256 e. The molecule has 0 radical (unpaired) electrons. The van der Waals surface area contributed by atoms with Crippen LogP contribution in [0.2, 0.25) is 0 Å². The molecule has 2 aromatic heterocycles. The third kappa shape index (κ3) is 5.55. The predicted octanol–water partition coefficient (Wildman–Crippen LogP) is 13.7. The van der Waals surface area contributed by atoms with Crippen molar-refractivity contribution in [3.63, 3.8) is 0 Å². The third-order valence-electron chi connectivity index (χ3n) is 12.3. The van der Waals surface area contributed by atoms with Gasteiger partial charge in [-0.1, -0.05) is 189 Å². The Morgan fingerprint density at radius 3 is 1.66 bits per heavy atom. The molecule has 0 atom stereocenters. The quantitative estimate of drug-likeness (QED) is 0.175. The predicted molar refractivity (Wildman–Crippen MR) is 242 cm³/mol. The lowest BCUT2D eigenvalue weighted by Crippen LogP contribution is -2.43. The second-order valence-electron chi connectivity index (χ2n) is 15.9. The maximum absolute atomic E-state index is 5.34. The van der Waals surface area contributed by atoms with Gasteiger partial charge < -0.3 is 0 Å². The summed E-state index contributed by atoms with van der Waals surface area (Å²) in [6.45, 7) is 4.76. The smallest absolute Gasteiger partial charge is 0.160 e. The number of rotatable bonds is 5. The van der Waals surface area contributed by atoms with Gasteiger partial charge in [0.2, 0.25) is 0 Å². The Bertz CT molecular complexity index is 3010. The molecular formula is C55H39N3S. The molecule has 0 saturated heterocycles. The van der Waals surface area contributed by atoms with Gasteiger partial charge in [-0.3, -0.25) is 4.98 Å². The normalized spacial score (nSPS) is 14.1. The van der Waals surface area contributed by atoms with Crippen molar-refractivity contribution in [2.75, 3.05) is 0 Å². The number of aromatic nitrogens is 3. The third-order valence-corrected chi connectivity index (χ3v) is 13.5. The molecule has 3 heterocycles. The van der Waals surface area contributed by atoms with Crippen LogP contribution < -0.4 is 0 Å². The Labute approximate surface area is 349 Å². The van der Waals surface area contributed by atoms with E-state index in [4.69, 9.17) is 9.97 Å². The van der Waals surface area contributed by atoms with Crippen molar-refractivity contribution in [3.8, 4) is 56.3 Å². The molecule has 0 fully saturated rings. The summed E-state index contributed by atoms with van der Waals surface area (Å²) in [4.78, 5) is 17.7. The number of hydrogen-bond acceptors (Lipinski definition) is 4. The molecule has 0 amide bonds. The molecular weight excluding hydrogens is 735 g/mol. The van der Waals surface area contributed by atoms with Crippen molar-refractivity contribution >= 4 is 11.8 Å². The summed E-state index contributed by atoms with van der Waals surface area (Å²) in [6, 6.07) is 70.0. The first-order chi connectivity index (χ1) is 29.0. The van der Waals surface area contributed by atoms with E-state index in [-0.39, 0.29) is 5.41 Å². The lowest BCUT2D eigenvalue weighted by atomic mass is 9.54. The molecule has 9 aromatic rings. The van der Waals surface area contributed by atoms with Crippen LogP contribution in [-0.4, -0.2) is 15.0 Å². The molecule has 0 saturated carbocycles. The second kappa shape index (κ2) is 13.9. The first-order valence-corrected chi connectivity index (χ1v) is 21.0. The zero-order chi connectivity index (χ0) is 39.6. The first kappa shape index (κ1) is 35.3. The van der Waals surface area contributed by atoms with Crippen molar-refractivity contribution < 1.29 is 0 Å². The Kier molecular flexibility index (Phi) is 8.31. The highest BCUT2D eigenvalue weighted by Crippen LogP contribution is 2.62. The molecule has 7 aromatic carbocycles. The summed E-state index contributed by atoms with van der Waals surface area (Å²) in [7, 11) is 0. The molecule has 2 aliphatic rings. The van der Waals surface area contributed by atoms with Gasteiger partial charge >= 0.3 is 0 Å². The maximum atomic E-state index is 5.34. The van der Waals surface area contributed by atoms with E-state index in [1.165, 1.54) is 48.7 Å². The van der Waals surface area contributed by atoms with Crippen molar-refractivity contribution in [2.24, 2.45) is 0 Å². The molecule has 59 heavy (non-hydrogen) atoms. The first-order valence-electron chi connectivity index (χ1n) is 20.2. The average Bonchev–Trinajstić information content (AvgIpc) is 3.31. The van der Waals surface area contributed by atoms with Gasteiger partial charge in [-0.2, -0.15) is 0 Å². The molecule has 1 aliphatic carbocycles. The molecule has 280 valence electrons. The maximum Gasteiger partial charge on any atom is 0.160 e. The number of nitrogens with zero attached hydrogens (tertiary/aromatic N) is 3. The van der Waals surface area contributed by atoms with Crippen LogP contribution >= 0.6 is 11.8 Å². The SMILES string of the molecule is CC1(C)c2ccccc2C2(c3ccccc3Sc3c(-c4ccccc4-c4cc(-c5cccc(-c6ccccn6)c5)nc(-c5ccccc5)n4)cccc32)c2ccccc21. The number of benzene rings is 7. The van der Waals surface area contributed by atoms with Crippen molar-refractivity contribution in [2.45, 2.75) is 34.5 Å². The topological polar surface area (TPSA) is 38.7 Å². The monoisotopic (exact) mass is 773 g/mol. The lowest BCUT2D eigenvalue weighted by molar-refractivity contribution is 0.549. The van der Waals surface area contributed by atoms with Crippen LogP contribution in [0.15, 0.2) is 210 Å². The zero-order valence-electron chi connectivity index (χ0n) is 32.8. The van der Waals surface area contributed by atoms with Crippen LogP contribution in [0, 0.1) is 0 Å².